The average molecular weight is 483 g/mol. The van der Waals surface area contributed by atoms with Crippen molar-refractivity contribution in [3.8, 4) is 5.75 Å². The molecular formula is C24H27FN6O4. The zero-order valence-corrected chi connectivity index (χ0v) is 19.4. The molecular weight excluding hydrogens is 455 g/mol. The monoisotopic (exact) mass is 482 g/mol. The van der Waals surface area contributed by atoms with E-state index in [1.165, 1.54) is 16.5 Å². The van der Waals surface area contributed by atoms with Gasteiger partial charge in [0.1, 0.15) is 5.82 Å². The number of rotatable bonds is 5. The Hall–Kier alpha value is -3.70. The molecule has 4 heterocycles. The minimum atomic E-state index is -0.720. The highest BCUT2D eigenvalue weighted by Crippen LogP contribution is 2.29. The van der Waals surface area contributed by atoms with Gasteiger partial charge in [-0.3, -0.25) is 18.9 Å². The second kappa shape index (κ2) is 9.51. The Bertz CT molecular complexity index is 1310. The normalized spacial score (nSPS) is 16.7. The van der Waals surface area contributed by atoms with E-state index in [0.717, 1.165) is 18.8 Å². The van der Waals surface area contributed by atoms with Crippen molar-refractivity contribution in [2.45, 2.75) is 6.54 Å². The summed E-state index contributed by atoms with van der Waals surface area (Å²) in [5.41, 5.74) is 1.45. The summed E-state index contributed by atoms with van der Waals surface area (Å²) in [7, 11) is 2.01. The minimum absolute atomic E-state index is 0.0966. The van der Waals surface area contributed by atoms with Gasteiger partial charge in [-0.15, -0.1) is 0 Å². The number of hydrogen-bond acceptors (Lipinski definition) is 8. The van der Waals surface area contributed by atoms with E-state index >= 15 is 0 Å². The molecule has 0 atom stereocenters. The van der Waals surface area contributed by atoms with E-state index in [4.69, 9.17) is 4.74 Å². The van der Waals surface area contributed by atoms with E-state index in [0.29, 0.717) is 49.9 Å². The molecule has 2 saturated heterocycles. The van der Waals surface area contributed by atoms with Crippen LogP contribution in [0.15, 0.2) is 41.3 Å². The fourth-order valence-electron chi connectivity index (χ4n) is 4.37. The standard InChI is InChI=1S/C24H27FN6O4/c1-28-6-7-30(15-28)19-12-18(29-8-10-35-11-9-29)14-31-22(19)27-20(21(32)24(31)34)23(33)26-13-16-2-4-17(25)5-3-16/h2-5,12,14,32H,6-11,13,15H2,1H3,(H,26,33). The number of pyridine rings is 1. The van der Waals surface area contributed by atoms with Crippen molar-refractivity contribution in [3.63, 3.8) is 0 Å². The Balaban J connectivity index is 1.54. The number of anilines is 2. The van der Waals surface area contributed by atoms with Crippen molar-refractivity contribution in [3.05, 3.63) is 64.0 Å². The third-order valence-corrected chi connectivity index (χ3v) is 6.33. The van der Waals surface area contributed by atoms with Crippen LogP contribution in [0.5, 0.6) is 5.75 Å². The zero-order valence-electron chi connectivity index (χ0n) is 19.4. The number of carbonyl (C=O) groups is 1. The number of nitrogens with zero attached hydrogens (tertiary/aromatic N) is 5. The molecule has 0 radical (unpaired) electrons. The number of amides is 1. The van der Waals surface area contributed by atoms with E-state index in [1.807, 2.05) is 13.1 Å². The van der Waals surface area contributed by atoms with Gasteiger partial charge in [-0.1, -0.05) is 12.1 Å². The maximum absolute atomic E-state index is 13.2. The number of likely N-dealkylation sites (N-methyl/N-ethyl adjacent to an activating group) is 1. The van der Waals surface area contributed by atoms with Crippen molar-refractivity contribution >= 4 is 22.9 Å². The van der Waals surface area contributed by atoms with E-state index in [1.54, 1.807) is 18.3 Å². The lowest BCUT2D eigenvalue weighted by molar-refractivity contribution is 0.0942. The predicted molar refractivity (Wildman–Crippen MR) is 129 cm³/mol. The summed E-state index contributed by atoms with van der Waals surface area (Å²) in [6.07, 6.45) is 1.65. The van der Waals surface area contributed by atoms with Crippen LogP contribution in [-0.2, 0) is 11.3 Å². The largest absolute Gasteiger partial charge is 0.501 e. The molecule has 3 aromatic rings. The first-order valence-electron chi connectivity index (χ1n) is 11.5. The summed E-state index contributed by atoms with van der Waals surface area (Å²) >= 11 is 0. The van der Waals surface area contributed by atoms with Gasteiger partial charge in [-0.05, 0) is 30.8 Å². The van der Waals surface area contributed by atoms with E-state index in [9.17, 15) is 19.1 Å². The summed E-state index contributed by atoms with van der Waals surface area (Å²) in [4.78, 5) is 36.9. The fraction of sp³-hybridized carbons (Fsp3) is 0.375. The Morgan fingerprint density at radius 2 is 1.89 bits per heavy atom. The molecule has 5 rings (SSSR count). The van der Waals surface area contributed by atoms with Crippen LogP contribution in [-0.4, -0.2) is 78.4 Å². The first-order valence-corrected chi connectivity index (χ1v) is 11.5. The van der Waals surface area contributed by atoms with E-state index in [2.05, 4.69) is 25.0 Å². The highest BCUT2D eigenvalue weighted by atomic mass is 19.1. The van der Waals surface area contributed by atoms with E-state index in [-0.39, 0.29) is 18.1 Å². The second-order valence-corrected chi connectivity index (χ2v) is 8.78. The van der Waals surface area contributed by atoms with Gasteiger partial charge in [0.2, 0.25) is 5.75 Å². The molecule has 1 aromatic carbocycles. The Labute approximate surface area is 201 Å². The molecule has 0 unspecified atom stereocenters. The molecule has 0 bridgehead atoms. The number of aromatic nitrogens is 2. The molecule has 0 aliphatic carbocycles. The van der Waals surface area contributed by atoms with Gasteiger partial charge in [0.15, 0.2) is 11.3 Å². The number of nitrogens with one attached hydrogen (secondary N) is 1. The third-order valence-electron chi connectivity index (χ3n) is 6.33. The molecule has 2 aromatic heterocycles. The number of fused-ring (bicyclic) bond motifs is 1. The number of halogens is 1. The van der Waals surface area contributed by atoms with Crippen LogP contribution in [0, 0.1) is 5.82 Å². The van der Waals surface area contributed by atoms with Crippen molar-refractivity contribution < 1.29 is 19.0 Å². The number of carbonyl (C=O) groups excluding carboxylic acids is 1. The minimum Gasteiger partial charge on any atom is -0.501 e. The predicted octanol–water partition coefficient (Wildman–Crippen LogP) is 1.02. The number of morpholine rings is 1. The summed E-state index contributed by atoms with van der Waals surface area (Å²) < 4.78 is 19.9. The van der Waals surface area contributed by atoms with Crippen LogP contribution < -0.4 is 20.7 Å². The van der Waals surface area contributed by atoms with E-state index < -0.39 is 17.2 Å². The van der Waals surface area contributed by atoms with Crippen LogP contribution in [0.25, 0.3) is 5.65 Å². The van der Waals surface area contributed by atoms with Crippen molar-refractivity contribution in [2.75, 3.05) is 62.9 Å². The second-order valence-electron chi connectivity index (χ2n) is 8.78. The summed E-state index contributed by atoms with van der Waals surface area (Å²) in [5, 5.41) is 13.3. The molecule has 2 N–H and O–H groups in total. The quantitative estimate of drug-likeness (QED) is 0.556. The topological polar surface area (TPSA) is 103 Å². The molecule has 1 amide bonds. The molecule has 2 aliphatic heterocycles. The molecule has 2 fully saturated rings. The average Bonchev–Trinajstić information content (AvgIpc) is 3.31. The van der Waals surface area contributed by atoms with Crippen LogP contribution in [0.2, 0.25) is 0 Å². The summed E-state index contributed by atoms with van der Waals surface area (Å²) in [5.74, 6) is -1.78. The fourth-order valence-corrected chi connectivity index (χ4v) is 4.37. The Kier molecular flexibility index (Phi) is 6.27. The maximum atomic E-state index is 13.2. The van der Waals surface area contributed by atoms with Crippen LogP contribution in [0.3, 0.4) is 0 Å². The smallest absolute Gasteiger partial charge is 0.301 e. The maximum Gasteiger partial charge on any atom is 0.301 e. The third kappa shape index (κ3) is 4.64. The molecule has 2 aliphatic rings. The molecule has 184 valence electrons. The van der Waals surface area contributed by atoms with Gasteiger partial charge < -0.3 is 25.0 Å². The molecule has 11 heteroatoms. The van der Waals surface area contributed by atoms with Gasteiger partial charge in [0.25, 0.3) is 5.91 Å². The Morgan fingerprint density at radius 3 is 2.57 bits per heavy atom. The SMILES string of the molecule is CN1CCN(c2cc(N3CCOCC3)cn3c(=O)c(O)c(C(=O)NCc4ccc(F)cc4)nc23)C1. The van der Waals surface area contributed by atoms with Crippen LogP contribution >= 0.6 is 0 Å². The molecule has 0 saturated carbocycles. The van der Waals surface area contributed by atoms with Crippen molar-refractivity contribution in [1.82, 2.24) is 19.6 Å². The van der Waals surface area contributed by atoms with Crippen LogP contribution in [0.4, 0.5) is 15.8 Å². The van der Waals surface area contributed by atoms with Gasteiger partial charge in [-0.25, -0.2) is 9.37 Å². The number of aromatic hydroxyl groups is 1. The summed E-state index contributed by atoms with van der Waals surface area (Å²) in [6, 6.07) is 7.67. The first-order chi connectivity index (χ1) is 16.9. The lowest BCUT2D eigenvalue weighted by Gasteiger charge is -2.30. The number of hydrogen-bond donors (Lipinski definition) is 2. The lowest BCUT2D eigenvalue weighted by Crippen LogP contribution is -2.37. The summed E-state index contributed by atoms with van der Waals surface area (Å²) in [6.45, 7) is 4.87. The highest BCUT2D eigenvalue weighted by molar-refractivity contribution is 5.95. The van der Waals surface area contributed by atoms with Gasteiger partial charge >= 0.3 is 5.56 Å². The number of benzene rings is 1. The lowest BCUT2D eigenvalue weighted by atomic mass is 10.2. The van der Waals surface area contributed by atoms with Gasteiger partial charge in [-0.2, -0.15) is 0 Å². The zero-order chi connectivity index (χ0) is 24.5. The molecule has 10 nitrogen and oxygen atoms in total. The molecule has 35 heavy (non-hydrogen) atoms. The van der Waals surface area contributed by atoms with Crippen molar-refractivity contribution in [2.24, 2.45) is 0 Å². The first kappa shape index (κ1) is 23.1. The van der Waals surface area contributed by atoms with Crippen LogP contribution in [0.1, 0.15) is 16.1 Å². The van der Waals surface area contributed by atoms with Crippen molar-refractivity contribution in [1.29, 1.82) is 0 Å². The highest BCUT2D eigenvalue weighted by Gasteiger charge is 2.26. The number of ether oxygens (including phenoxy) is 1. The van der Waals surface area contributed by atoms with Gasteiger partial charge in [0.05, 0.1) is 31.3 Å². The van der Waals surface area contributed by atoms with Gasteiger partial charge in [0, 0.05) is 38.9 Å². The molecule has 0 spiro atoms. The Morgan fingerprint density at radius 1 is 1.14 bits per heavy atom.